The predicted molar refractivity (Wildman–Crippen MR) is 131 cm³/mol. The number of amides is 3. The number of ether oxygens (including phenoxy) is 1. The van der Waals surface area contributed by atoms with E-state index in [1.54, 1.807) is 9.80 Å². The van der Waals surface area contributed by atoms with Gasteiger partial charge in [-0.25, -0.2) is 0 Å². The average molecular weight is 478 g/mol. The Kier molecular flexibility index (Phi) is 6.34. The molecular formula is C27H31N3O5. The second-order valence-corrected chi connectivity index (χ2v) is 9.60. The first kappa shape index (κ1) is 23.5. The van der Waals surface area contributed by atoms with Gasteiger partial charge in [-0.05, 0) is 54.2 Å². The standard InChI is InChI=1S/C27H31N3O5/c1-2-21-22(4-3-5-23(21)28-24(31)20-16-35-17-20)18-6-8-19(9-7-18)25(32)29-12-14-30(15-13-29)26(33)27(34)10-11-27/h3-9,20,34H,2,10-17H2,1H3,(H,28,31). The van der Waals surface area contributed by atoms with Crippen molar-refractivity contribution in [3.63, 3.8) is 0 Å². The molecule has 1 aliphatic carbocycles. The Labute approximate surface area is 204 Å². The zero-order chi connectivity index (χ0) is 24.6. The number of hydrogen-bond donors (Lipinski definition) is 2. The Hall–Kier alpha value is -3.23. The smallest absolute Gasteiger partial charge is 0.254 e. The van der Waals surface area contributed by atoms with E-state index < -0.39 is 5.60 Å². The Morgan fingerprint density at radius 1 is 1.00 bits per heavy atom. The Bertz CT molecular complexity index is 1130. The highest BCUT2D eigenvalue weighted by Crippen LogP contribution is 2.37. The summed E-state index contributed by atoms with van der Waals surface area (Å²) >= 11 is 0. The molecule has 2 aromatic rings. The summed E-state index contributed by atoms with van der Waals surface area (Å²) in [5.74, 6) is -0.377. The number of rotatable bonds is 6. The highest BCUT2D eigenvalue weighted by molar-refractivity contribution is 5.96. The third kappa shape index (κ3) is 4.68. The summed E-state index contributed by atoms with van der Waals surface area (Å²) in [4.78, 5) is 41.2. The van der Waals surface area contributed by atoms with Crippen molar-refractivity contribution in [3.05, 3.63) is 53.6 Å². The molecule has 2 aliphatic heterocycles. The van der Waals surface area contributed by atoms with Crippen LogP contribution in [-0.2, 0) is 20.7 Å². The van der Waals surface area contributed by atoms with Crippen molar-refractivity contribution in [1.82, 2.24) is 9.80 Å². The highest BCUT2D eigenvalue weighted by atomic mass is 16.5. The van der Waals surface area contributed by atoms with Gasteiger partial charge in [-0.2, -0.15) is 0 Å². The SMILES string of the molecule is CCc1c(NC(=O)C2COC2)cccc1-c1ccc(C(=O)N2CCN(C(=O)C3(O)CC3)CC2)cc1. The van der Waals surface area contributed by atoms with Crippen molar-refractivity contribution in [2.45, 2.75) is 31.8 Å². The molecule has 2 N–H and O–H groups in total. The summed E-state index contributed by atoms with van der Waals surface area (Å²) in [6.07, 6.45) is 1.81. The molecule has 3 amide bonds. The molecule has 2 saturated heterocycles. The molecule has 0 radical (unpaired) electrons. The molecule has 5 rings (SSSR count). The summed E-state index contributed by atoms with van der Waals surface area (Å²) < 4.78 is 5.13. The maximum atomic E-state index is 13.0. The normalized spacial score (nSPS) is 19.1. The number of hydrogen-bond acceptors (Lipinski definition) is 5. The van der Waals surface area contributed by atoms with Gasteiger partial charge in [-0.1, -0.05) is 31.2 Å². The zero-order valence-corrected chi connectivity index (χ0v) is 20.0. The molecule has 0 atom stereocenters. The molecule has 2 heterocycles. The van der Waals surface area contributed by atoms with Gasteiger partial charge in [-0.15, -0.1) is 0 Å². The second kappa shape index (κ2) is 9.43. The van der Waals surface area contributed by atoms with Crippen LogP contribution in [0.2, 0.25) is 0 Å². The van der Waals surface area contributed by atoms with Crippen LogP contribution in [0.5, 0.6) is 0 Å². The van der Waals surface area contributed by atoms with Crippen LogP contribution in [0.1, 0.15) is 35.7 Å². The quantitative estimate of drug-likeness (QED) is 0.665. The van der Waals surface area contributed by atoms with Gasteiger partial charge in [0.1, 0.15) is 5.60 Å². The monoisotopic (exact) mass is 477 g/mol. The fourth-order valence-corrected chi connectivity index (χ4v) is 4.69. The molecule has 3 aliphatic rings. The largest absolute Gasteiger partial charge is 0.380 e. The highest BCUT2D eigenvalue weighted by Gasteiger charge is 2.50. The molecule has 35 heavy (non-hydrogen) atoms. The molecule has 0 spiro atoms. The second-order valence-electron chi connectivity index (χ2n) is 9.60. The lowest BCUT2D eigenvalue weighted by Gasteiger charge is -2.35. The molecule has 8 heteroatoms. The van der Waals surface area contributed by atoms with Gasteiger partial charge in [0.15, 0.2) is 0 Å². The number of anilines is 1. The lowest BCUT2D eigenvalue weighted by molar-refractivity contribution is -0.144. The van der Waals surface area contributed by atoms with E-state index in [1.165, 1.54) is 0 Å². The van der Waals surface area contributed by atoms with E-state index in [0.717, 1.165) is 28.8 Å². The number of piperazine rings is 1. The number of benzene rings is 2. The van der Waals surface area contributed by atoms with Crippen LogP contribution in [0.15, 0.2) is 42.5 Å². The Morgan fingerprint density at radius 2 is 1.66 bits per heavy atom. The molecule has 8 nitrogen and oxygen atoms in total. The molecular weight excluding hydrogens is 446 g/mol. The number of carbonyl (C=O) groups excluding carboxylic acids is 3. The minimum Gasteiger partial charge on any atom is -0.380 e. The fourth-order valence-electron chi connectivity index (χ4n) is 4.69. The third-order valence-corrected chi connectivity index (χ3v) is 7.21. The van der Waals surface area contributed by atoms with Crippen molar-refractivity contribution >= 4 is 23.4 Å². The zero-order valence-electron chi connectivity index (χ0n) is 20.0. The summed E-state index contributed by atoms with van der Waals surface area (Å²) in [7, 11) is 0. The van der Waals surface area contributed by atoms with Crippen LogP contribution in [0.3, 0.4) is 0 Å². The minimum absolute atomic E-state index is 0.0165. The summed E-state index contributed by atoms with van der Waals surface area (Å²) in [6.45, 7) is 4.79. The molecule has 0 bridgehead atoms. The lowest BCUT2D eigenvalue weighted by atomic mass is 9.95. The van der Waals surface area contributed by atoms with E-state index >= 15 is 0 Å². The van der Waals surface area contributed by atoms with E-state index in [-0.39, 0.29) is 23.6 Å². The molecule has 184 valence electrons. The predicted octanol–water partition coefficient (Wildman–Crippen LogP) is 2.31. The van der Waals surface area contributed by atoms with E-state index in [9.17, 15) is 19.5 Å². The first-order valence-electron chi connectivity index (χ1n) is 12.3. The molecule has 0 aromatic heterocycles. The van der Waals surface area contributed by atoms with Crippen molar-refractivity contribution < 1.29 is 24.2 Å². The van der Waals surface area contributed by atoms with Crippen LogP contribution in [0.4, 0.5) is 5.69 Å². The lowest BCUT2D eigenvalue weighted by Crippen LogP contribution is -2.53. The first-order valence-corrected chi connectivity index (χ1v) is 12.3. The van der Waals surface area contributed by atoms with Gasteiger partial charge in [0.05, 0.1) is 19.1 Å². The summed E-state index contributed by atoms with van der Waals surface area (Å²) in [5, 5.41) is 13.1. The molecule has 2 aromatic carbocycles. The van der Waals surface area contributed by atoms with Crippen molar-refractivity contribution in [2.75, 3.05) is 44.7 Å². The Morgan fingerprint density at radius 3 is 2.23 bits per heavy atom. The topological polar surface area (TPSA) is 99.2 Å². The van der Waals surface area contributed by atoms with Crippen LogP contribution >= 0.6 is 0 Å². The van der Waals surface area contributed by atoms with Crippen molar-refractivity contribution in [2.24, 2.45) is 5.92 Å². The average Bonchev–Trinajstić information content (AvgIpc) is 3.60. The van der Waals surface area contributed by atoms with Crippen LogP contribution in [0, 0.1) is 5.92 Å². The number of aliphatic hydroxyl groups is 1. The molecule has 3 fully saturated rings. The first-order chi connectivity index (χ1) is 16.9. The van der Waals surface area contributed by atoms with E-state index in [0.29, 0.717) is 57.8 Å². The maximum absolute atomic E-state index is 13.0. The Balaban J connectivity index is 1.26. The third-order valence-electron chi connectivity index (χ3n) is 7.21. The molecule has 1 saturated carbocycles. The van der Waals surface area contributed by atoms with Crippen molar-refractivity contribution in [1.29, 1.82) is 0 Å². The van der Waals surface area contributed by atoms with E-state index in [4.69, 9.17) is 4.74 Å². The van der Waals surface area contributed by atoms with Gasteiger partial charge in [-0.3, -0.25) is 14.4 Å². The number of carbonyl (C=O) groups is 3. The van der Waals surface area contributed by atoms with Crippen LogP contribution < -0.4 is 5.32 Å². The van der Waals surface area contributed by atoms with Crippen molar-refractivity contribution in [3.8, 4) is 11.1 Å². The maximum Gasteiger partial charge on any atom is 0.254 e. The number of nitrogens with zero attached hydrogens (tertiary/aromatic N) is 2. The van der Waals surface area contributed by atoms with Crippen LogP contribution in [0.25, 0.3) is 11.1 Å². The van der Waals surface area contributed by atoms with Gasteiger partial charge in [0.2, 0.25) is 5.91 Å². The number of nitrogens with one attached hydrogen (secondary N) is 1. The van der Waals surface area contributed by atoms with E-state index in [2.05, 4.69) is 12.2 Å². The van der Waals surface area contributed by atoms with Gasteiger partial charge in [0.25, 0.3) is 11.8 Å². The van der Waals surface area contributed by atoms with E-state index in [1.807, 2.05) is 42.5 Å². The fraction of sp³-hybridized carbons (Fsp3) is 0.444. The van der Waals surface area contributed by atoms with Gasteiger partial charge < -0.3 is 25.0 Å². The van der Waals surface area contributed by atoms with Gasteiger partial charge >= 0.3 is 0 Å². The summed E-state index contributed by atoms with van der Waals surface area (Å²) in [6, 6.07) is 13.4. The van der Waals surface area contributed by atoms with Gasteiger partial charge in [0, 0.05) is 37.4 Å². The van der Waals surface area contributed by atoms with Crippen LogP contribution in [-0.4, -0.2) is 77.6 Å². The molecule has 0 unspecified atom stereocenters. The summed E-state index contributed by atoms with van der Waals surface area (Å²) in [5.41, 5.74) is 3.31. The minimum atomic E-state index is -1.16.